The van der Waals surface area contributed by atoms with Gasteiger partial charge in [-0.05, 0) is 37.7 Å². The molecule has 0 bridgehead atoms. The third kappa shape index (κ3) is 4.79. The number of carbonyl (C=O) groups is 3. The molecule has 1 atom stereocenters. The minimum Gasteiger partial charge on any atom is -0.360 e. The molecular weight excluding hydrogens is 454 g/mol. The summed E-state index contributed by atoms with van der Waals surface area (Å²) in [5.41, 5.74) is 2.87. The summed E-state index contributed by atoms with van der Waals surface area (Å²) in [6, 6.07) is 16.1. The van der Waals surface area contributed by atoms with Gasteiger partial charge in [-0.2, -0.15) is 0 Å². The number of hydrogen-bond acceptors (Lipinski definition) is 5. The van der Waals surface area contributed by atoms with Gasteiger partial charge < -0.3 is 19.7 Å². The van der Waals surface area contributed by atoms with Gasteiger partial charge in [0.15, 0.2) is 0 Å². The second-order valence-corrected chi connectivity index (χ2v) is 9.80. The zero-order valence-electron chi connectivity index (χ0n) is 20.9. The van der Waals surface area contributed by atoms with E-state index in [1.807, 2.05) is 24.1 Å². The summed E-state index contributed by atoms with van der Waals surface area (Å²) < 4.78 is 0. The number of amides is 2. The van der Waals surface area contributed by atoms with Crippen molar-refractivity contribution in [2.45, 2.75) is 13.0 Å². The van der Waals surface area contributed by atoms with Gasteiger partial charge in [0.2, 0.25) is 0 Å². The normalized spacial score (nSPS) is 18.4. The second kappa shape index (κ2) is 10.2. The lowest BCUT2D eigenvalue weighted by atomic mass is 10.0. The van der Waals surface area contributed by atoms with E-state index in [9.17, 15) is 14.4 Å². The lowest BCUT2D eigenvalue weighted by Gasteiger charge is -2.38. The molecule has 0 spiro atoms. The molecule has 3 aromatic rings. The number of carbonyl (C=O) groups excluding carboxylic acids is 3. The molecule has 8 heteroatoms. The van der Waals surface area contributed by atoms with E-state index in [1.54, 1.807) is 23.2 Å². The molecule has 0 radical (unpaired) electrons. The number of hydrogen-bond donors (Lipinski definition) is 1. The van der Waals surface area contributed by atoms with Crippen LogP contribution in [0, 0.1) is 0 Å². The van der Waals surface area contributed by atoms with Gasteiger partial charge in [0.25, 0.3) is 17.6 Å². The first-order valence-corrected chi connectivity index (χ1v) is 12.6. The van der Waals surface area contributed by atoms with Gasteiger partial charge in [-0.15, -0.1) is 0 Å². The highest BCUT2D eigenvalue weighted by molar-refractivity contribution is 6.45. The molecule has 2 aliphatic heterocycles. The third-order valence-electron chi connectivity index (χ3n) is 7.59. The van der Waals surface area contributed by atoms with E-state index in [-0.39, 0.29) is 5.91 Å². The molecule has 2 aliphatic rings. The summed E-state index contributed by atoms with van der Waals surface area (Å²) in [5.74, 6) is -1.06. The van der Waals surface area contributed by atoms with E-state index >= 15 is 0 Å². The fourth-order valence-corrected chi connectivity index (χ4v) is 5.15. The van der Waals surface area contributed by atoms with Gasteiger partial charge in [0, 0.05) is 81.1 Å². The smallest absolute Gasteiger partial charge is 0.295 e. The lowest BCUT2D eigenvalue weighted by molar-refractivity contribution is -0.127. The van der Waals surface area contributed by atoms with Crippen molar-refractivity contribution >= 4 is 28.5 Å². The predicted molar refractivity (Wildman–Crippen MR) is 139 cm³/mol. The average molecular weight is 488 g/mol. The Labute approximate surface area is 211 Å². The fraction of sp³-hybridized carbons (Fsp3) is 0.393. The molecule has 1 unspecified atom stereocenters. The van der Waals surface area contributed by atoms with Gasteiger partial charge in [-0.3, -0.25) is 19.3 Å². The number of aromatic nitrogens is 1. The van der Waals surface area contributed by atoms with Crippen molar-refractivity contribution in [1.82, 2.24) is 24.6 Å². The molecule has 8 nitrogen and oxygen atoms in total. The summed E-state index contributed by atoms with van der Waals surface area (Å²) in [6.45, 7) is 7.70. The minimum absolute atomic E-state index is 0.0473. The summed E-state index contributed by atoms with van der Waals surface area (Å²) in [5, 5.41) is 0.615. The van der Waals surface area contributed by atoms with Gasteiger partial charge in [0.1, 0.15) is 0 Å². The number of benzene rings is 2. The summed E-state index contributed by atoms with van der Waals surface area (Å²) in [4.78, 5) is 50.4. The molecule has 2 saturated heterocycles. The maximum absolute atomic E-state index is 13.3. The number of ketones is 1. The van der Waals surface area contributed by atoms with Crippen LogP contribution in [0.1, 0.15) is 39.2 Å². The summed E-state index contributed by atoms with van der Waals surface area (Å²) >= 11 is 0. The fourth-order valence-electron chi connectivity index (χ4n) is 5.15. The van der Waals surface area contributed by atoms with E-state index in [1.165, 1.54) is 5.56 Å². The number of Topliss-reactive ketones (excluding diaryl/α,β-unsaturated/α-hetero) is 1. The maximum atomic E-state index is 13.3. The Balaban J connectivity index is 1.27. The van der Waals surface area contributed by atoms with Gasteiger partial charge in [-0.25, -0.2) is 0 Å². The zero-order chi connectivity index (χ0) is 25.2. The van der Waals surface area contributed by atoms with Crippen molar-refractivity contribution in [3.8, 4) is 0 Å². The first kappa shape index (κ1) is 24.2. The molecular formula is C28H33N5O3. The predicted octanol–water partition coefficient (Wildman–Crippen LogP) is 2.64. The molecule has 36 heavy (non-hydrogen) atoms. The van der Waals surface area contributed by atoms with E-state index in [0.717, 1.165) is 31.7 Å². The molecule has 2 amide bonds. The van der Waals surface area contributed by atoms with Crippen molar-refractivity contribution in [1.29, 1.82) is 0 Å². The van der Waals surface area contributed by atoms with Crippen molar-refractivity contribution in [2.75, 3.05) is 59.4 Å². The van der Waals surface area contributed by atoms with Gasteiger partial charge in [0.05, 0.1) is 5.56 Å². The number of likely N-dealkylation sites (N-methyl/N-ethyl adjacent to an activating group) is 1. The summed E-state index contributed by atoms with van der Waals surface area (Å²) in [6.07, 6.45) is 1.58. The van der Waals surface area contributed by atoms with Crippen LogP contribution in [0.15, 0.2) is 54.7 Å². The van der Waals surface area contributed by atoms with Crippen LogP contribution < -0.4 is 0 Å². The van der Waals surface area contributed by atoms with Gasteiger partial charge in [-0.1, -0.05) is 30.3 Å². The monoisotopic (exact) mass is 487 g/mol. The number of piperazine rings is 2. The number of H-pyrrole nitrogens is 1. The molecule has 1 aromatic heterocycles. The first-order valence-electron chi connectivity index (χ1n) is 12.6. The highest BCUT2D eigenvalue weighted by atomic mass is 16.2. The highest BCUT2D eigenvalue weighted by Crippen LogP contribution is 2.24. The SMILES string of the molecule is CC(c1ccccc1)N1CCN(C(=O)c2ccc3[nH]cc(C(=O)C(=O)N4CCN(C)CC4)c3c2)CC1. The zero-order valence-corrected chi connectivity index (χ0v) is 20.9. The minimum atomic E-state index is -0.529. The van der Waals surface area contributed by atoms with Crippen LogP contribution in [-0.2, 0) is 4.79 Å². The van der Waals surface area contributed by atoms with Crippen molar-refractivity contribution < 1.29 is 14.4 Å². The van der Waals surface area contributed by atoms with E-state index in [0.29, 0.717) is 48.7 Å². The van der Waals surface area contributed by atoms with Crippen LogP contribution in [0.25, 0.3) is 10.9 Å². The average Bonchev–Trinajstić information content (AvgIpc) is 3.36. The van der Waals surface area contributed by atoms with Crippen LogP contribution in [0.5, 0.6) is 0 Å². The van der Waals surface area contributed by atoms with E-state index in [2.05, 4.69) is 46.0 Å². The Morgan fingerprint density at radius 2 is 1.50 bits per heavy atom. The second-order valence-electron chi connectivity index (χ2n) is 9.80. The Kier molecular flexibility index (Phi) is 6.89. The molecule has 2 fully saturated rings. The van der Waals surface area contributed by atoms with Crippen LogP contribution in [-0.4, -0.2) is 102 Å². The molecule has 2 aromatic carbocycles. The highest BCUT2D eigenvalue weighted by Gasteiger charge is 2.29. The van der Waals surface area contributed by atoms with E-state index < -0.39 is 11.7 Å². The number of rotatable bonds is 5. The summed E-state index contributed by atoms with van der Waals surface area (Å²) in [7, 11) is 2.01. The number of nitrogens with zero attached hydrogens (tertiary/aromatic N) is 4. The Hall–Kier alpha value is -3.49. The molecule has 5 rings (SSSR count). The Bertz CT molecular complexity index is 1250. The first-order chi connectivity index (χ1) is 17.4. The Morgan fingerprint density at radius 3 is 2.19 bits per heavy atom. The van der Waals surface area contributed by atoms with Crippen LogP contribution in [0.4, 0.5) is 0 Å². The van der Waals surface area contributed by atoms with Crippen LogP contribution in [0.3, 0.4) is 0 Å². The molecule has 188 valence electrons. The van der Waals surface area contributed by atoms with Crippen molar-refractivity contribution in [3.05, 3.63) is 71.4 Å². The Morgan fingerprint density at radius 1 is 0.833 bits per heavy atom. The van der Waals surface area contributed by atoms with Crippen LogP contribution in [0.2, 0.25) is 0 Å². The quantitative estimate of drug-likeness (QED) is 0.442. The van der Waals surface area contributed by atoms with Crippen LogP contribution >= 0.6 is 0 Å². The number of fused-ring (bicyclic) bond motifs is 1. The molecule has 0 aliphatic carbocycles. The third-order valence-corrected chi connectivity index (χ3v) is 7.59. The lowest BCUT2D eigenvalue weighted by Crippen LogP contribution is -2.49. The number of aromatic amines is 1. The molecule has 1 N–H and O–H groups in total. The topological polar surface area (TPSA) is 80.0 Å². The maximum Gasteiger partial charge on any atom is 0.295 e. The van der Waals surface area contributed by atoms with Crippen molar-refractivity contribution in [2.24, 2.45) is 0 Å². The molecule has 0 saturated carbocycles. The molecule has 3 heterocycles. The largest absolute Gasteiger partial charge is 0.360 e. The standard InChI is InChI=1S/C28H33N5O3/c1-20(21-6-4-3-5-7-21)31-14-16-32(17-15-31)27(35)22-8-9-25-23(18-22)24(19-29-25)26(34)28(36)33-12-10-30(2)11-13-33/h3-9,18-20,29H,10-17H2,1-2H3. The van der Waals surface area contributed by atoms with Crippen molar-refractivity contribution in [3.63, 3.8) is 0 Å². The van der Waals surface area contributed by atoms with Gasteiger partial charge >= 0.3 is 0 Å². The number of nitrogens with one attached hydrogen (secondary N) is 1. The van der Waals surface area contributed by atoms with E-state index in [4.69, 9.17) is 0 Å².